The van der Waals surface area contributed by atoms with E-state index in [0.717, 1.165) is 10.6 Å². The fourth-order valence-electron chi connectivity index (χ4n) is 1.87. The van der Waals surface area contributed by atoms with Crippen LogP contribution < -0.4 is 5.32 Å². The van der Waals surface area contributed by atoms with E-state index < -0.39 is 5.54 Å². The number of aliphatic hydroxyl groups is 1. The summed E-state index contributed by atoms with van der Waals surface area (Å²) in [5, 5.41) is 13.2. The second-order valence-electron chi connectivity index (χ2n) is 5.19. The Kier molecular flexibility index (Phi) is 4.83. The van der Waals surface area contributed by atoms with Gasteiger partial charge in [-0.3, -0.25) is 9.79 Å². The lowest BCUT2D eigenvalue weighted by Gasteiger charge is -2.28. The molecular formula is C15H20N2O2S. The predicted octanol–water partition coefficient (Wildman–Crippen LogP) is 1.83. The molecule has 108 valence electrons. The summed E-state index contributed by atoms with van der Waals surface area (Å²) in [5.41, 5.74) is 0.487. The molecular weight excluding hydrogens is 272 g/mol. The van der Waals surface area contributed by atoms with Crippen molar-refractivity contribution in [2.24, 2.45) is 4.99 Å². The predicted molar refractivity (Wildman–Crippen MR) is 83.1 cm³/mol. The highest BCUT2D eigenvalue weighted by Gasteiger charge is 2.30. The van der Waals surface area contributed by atoms with Gasteiger partial charge in [-0.25, -0.2) is 0 Å². The molecule has 2 rings (SSSR count). The van der Waals surface area contributed by atoms with Gasteiger partial charge in [-0.05, 0) is 13.3 Å². The average Bonchev–Trinajstić information content (AvgIpc) is 2.98. The van der Waals surface area contributed by atoms with Gasteiger partial charge >= 0.3 is 0 Å². The van der Waals surface area contributed by atoms with Gasteiger partial charge in [0.1, 0.15) is 6.04 Å². The maximum absolute atomic E-state index is 12.2. The number of rotatable bonds is 5. The molecule has 0 saturated heterocycles. The van der Waals surface area contributed by atoms with Crippen LogP contribution in [-0.4, -0.2) is 40.0 Å². The third kappa shape index (κ3) is 3.41. The minimum absolute atomic E-state index is 0.0651. The molecule has 1 amide bonds. The molecule has 4 nitrogen and oxygen atoms in total. The van der Waals surface area contributed by atoms with Gasteiger partial charge in [0.25, 0.3) is 0 Å². The Morgan fingerprint density at radius 2 is 2.20 bits per heavy atom. The highest BCUT2D eigenvalue weighted by molar-refractivity contribution is 8.14. The van der Waals surface area contributed by atoms with Gasteiger partial charge in [0.15, 0.2) is 0 Å². The smallest absolute Gasteiger partial charge is 0.246 e. The molecule has 5 heteroatoms. The molecule has 0 saturated carbocycles. The molecule has 0 spiro atoms. The zero-order valence-electron chi connectivity index (χ0n) is 11.8. The van der Waals surface area contributed by atoms with E-state index in [2.05, 4.69) is 10.3 Å². The Morgan fingerprint density at radius 1 is 1.50 bits per heavy atom. The zero-order valence-corrected chi connectivity index (χ0v) is 12.6. The lowest BCUT2D eigenvalue weighted by Crippen LogP contribution is -2.51. The molecule has 0 aliphatic carbocycles. The average molecular weight is 292 g/mol. The Balaban J connectivity index is 2.05. The summed E-state index contributed by atoms with van der Waals surface area (Å²) in [6.07, 6.45) is 0.685. The summed E-state index contributed by atoms with van der Waals surface area (Å²) in [5.74, 6) is 0.545. The van der Waals surface area contributed by atoms with E-state index in [0.29, 0.717) is 12.2 Å². The Hall–Kier alpha value is -1.33. The van der Waals surface area contributed by atoms with Crippen molar-refractivity contribution < 1.29 is 9.90 Å². The van der Waals surface area contributed by atoms with Crippen LogP contribution in [0.1, 0.15) is 25.8 Å². The lowest BCUT2D eigenvalue weighted by molar-refractivity contribution is -0.124. The molecule has 0 bridgehead atoms. The van der Waals surface area contributed by atoms with Gasteiger partial charge in [0, 0.05) is 11.3 Å². The Morgan fingerprint density at radius 3 is 2.80 bits per heavy atom. The SMILES string of the molecule is CCC(C)(CO)NC(=O)C1CSC(c2ccccc2)=N1. The fourth-order valence-corrected chi connectivity index (χ4v) is 2.91. The van der Waals surface area contributed by atoms with E-state index in [1.54, 1.807) is 11.8 Å². The topological polar surface area (TPSA) is 61.7 Å². The number of aliphatic hydroxyl groups excluding tert-OH is 1. The molecule has 1 heterocycles. The van der Waals surface area contributed by atoms with Crippen LogP contribution in [-0.2, 0) is 4.79 Å². The quantitative estimate of drug-likeness (QED) is 0.870. The Labute approximate surface area is 123 Å². The number of nitrogens with one attached hydrogen (secondary N) is 1. The molecule has 2 atom stereocenters. The van der Waals surface area contributed by atoms with Crippen LogP contribution in [0, 0.1) is 0 Å². The van der Waals surface area contributed by atoms with Crippen molar-refractivity contribution in [2.45, 2.75) is 31.8 Å². The number of amides is 1. The van der Waals surface area contributed by atoms with Crippen LogP contribution >= 0.6 is 11.8 Å². The fraction of sp³-hybridized carbons (Fsp3) is 0.467. The number of hydrogen-bond donors (Lipinski definition) is 2. The van der Waals surface area contributed by atoms with E-state index in [1.165, 1.54) is 0 Å². The molecule has 1 aliphatic rings. The lowest BCUT2D eigenvalue weighted by atomic mass is 10.00. The number of nitrogens with zero attached hydrogens (tertiary/aromatic N) is 1. The van der Waals surface area contributed by atoms with E-state index in [1.807, 2.05) is 44.2 Å². The largest absolute Gasteiger partial charge is 0.394 e. The zero-order chi connectivity index (χ0) is 14.6. The number of benzene rings is 1. The van der Waals surface area contributed by atoms with Crippen molar-refractivity contribution in [3.8, 4) is 0 Å². The third-order valence-electron chi connectivity index (χ3n) is 3.53. The van der Waals surface area contributed by atoms with Gasteiger partial charge in [0.2, 0.25) is 5.91 Å². The van der Waals surface area contributed by atoms with Crippen LogP contribution in [0.2, 0.25) is 0 Å². The maximum Gasteiger partial charge on any atom is 0.246 e. The first-order valence-corrected chi connectivity index (χ1v) is 7.75. The van der Waals surface area contributed by atoms with Gasteiger partial charge in [-0.15, -0.1) is 11.8 Å². The second-order valence-corrected chi connectivity index (χ2v) is 6.20. The first-order chi connectivity index (χ1) is 9.58. The van der Waals surface area contributed by atoms with Crippen molar-refractivity contribution in [2.75, 3.05) is 12.4 Å². The van der Waals surface area contributed by atoms with Gasteiger partial charge in [-0.2, -0.15) is 0 Å². The van der Waals surface area contributed by atoms with Crippen molar-refractivity contribution in [3.05, 3.63) is 35.9 Å². The summed E-state index contributed by atoms with van der Waals surface area (Å²) in [7, 11) is 0. The van der Waals surface area contributed by atoms with Gasteiger partial charge in [0.05, 0.1) is 17.2 Å². The first kappa shape index (κ1) is 15.1. The number of carbonyl (C=O) groups excluding carboxylic acids is 1. The number of hydrogen-bond acceptors (Lipinski definition) is 4. The summed E-state index contributed by atoms with van der Waals surface area (Å²) >= 11 is 1.60. The van der Waals surface area contributed by atoms with Crippen molar-refractivity contribution in [1.29, 1.82) is 0 Å². The maximum atomic E-state index is 12.2. The number of carbonyl (C=O) groups is 1. The summed E-state index contributed by atoms with van der Waals surface area (Å²) in [4.78, 5) is 16.7. The monoisotopic (exact) mass is 292 g/mol. The first-order valence-electron chi connectivity index (χ1n) is 6.77. The van der Waals surface area contributed by atoms with E-state index >= 15 is 0 Å². The number of thioether (sulfide) groups is 1. The van der Waals surface area contributed by atoms with Crippen molar-refractivity contribution >= 4 is 22.7 Å². The van der Waals surface area contributed by atoms with E-state index in [4.69, 9.17) is 0 Å². The Bertz CT molecular complexity index is 498. The normalized spacial score (nSPS) is 21.1. The van der Waals surface area contributed by atoms with E-state index in [9.17, 15) is 9.90 Å². The van der Waals surface area contributed by atoms with Crippen molar-refractivity contribution in [3.63, 3.8) is 0 Å². The van der Waals surface area contributed by atoms with Crippen LogP contribution in [0.3, 0.4) is 0 Å². The van der Waals surface area contributed by atoms with Crippen LogP contribution in [0.4, 0.5) is 0 Å². The number of aliphatic imine (C=N–C) groups is 1. The molecule has 2 unspecified atom stereocenters. The summed E-state index contributed by atoms with van der Waals surface area (Å²) in [6, 6.07) is 9.51. The van der Waals surface area contributed by atoms with E-state index in [-0.39, 0.29) is 18.6 Å². The highest BCUT2D eigenvalue weighted by atomic mass is 32.2. The molecule has 1 aromatic carbocycles. The minimum atomic E-state index is -0.563. The third-order valence-corrected chi connectivity index (χ3v) is 4.63. The van der Waals surface area contributed by atoms with Crippen LogP contribution in [0.5, 0.6) is 0 Å². The van der Waals surface area contributed by atoms with Crippen LogP contribution in [0.15, 0.2) is 35.3 Å². The standard InChI is InChI=1S/C15H20N2O2S/c1-3-15(2,10-18)17-13(19)12-9-20-14(16-12)11-7-5-4-6-8-11/h4-8,12,18H,3,9-10H2,1-2H3,(H,17,19). The molecule has 20 heavy (non-hydrogen) atoms. The molecule has 0 aromatic heterocycles. The molecule has 2 N–H and O–H groups in total. The molecule has 1 aliphatic heterocycles. The highest BCUT2D eigenvalue weighted by Crippen LogP contribution is 2.24. The van der Waals surface area contributed by atoms with Crippen LogP contribution in [0.25, 0.3) is 0 Å². The second kappa shape index (κ2) is 6.41. The van der Waals surface area contributed by atoms with Crippen molar-refractivity contribution in [1.82, 2.24) is 5.32 Å². The minimum Gasteiger partial charge on any atom is -0.394 e. The van der Waals surface area contributed by atoms with Gasteiger partial charge in [-0.1, -0.05) is 37.3 Å². The van der Waals surface area contributed by atoms with Gasteiger partial charge < -0.3 is 10.4 Å². The molecule has 0 fully saturated rings. The summed E-state index contributed by atoms with van der Waals surface area (Å²) < 4.78 is 0. The molecule has 0 radical (unpaired) electrons. The molecule has 1 aromatic rings. The summed E-state index contributed by atoms with van der Waals surface area (Å²) in [6.45, 7) is 3.72.